The van der Waals surface area contributed by atoms with E-state index in [-0.39, 0.29) is 23.3 Å². The van der Waals surface area contributed by atoms with E-state index >= 15 is 0 Å². The third-order valence-corrected chi connectivity index (χ3v) is 7.54. The summed E-state index contributed by atoms with van der Waals surface area (Å²) in [6.45, 7) is 6.65. The van der Waals surface area contributed by atoms with E-state index in [9.17, 15) is 9.59 Å². The average molecular weight is 493 g/mol. The second-order valence-electron chi connectivity index (χ2n) is 10.6. The number of nitrogens with one attached hydrogen (secondary N) is 2. The molecule has 0 bridgehead atoms. The molecule has 2 amide bonds. The molecule has 1 aromatic rings. The normalized spacial score (nSPS) is 23.9. The van der Waals surface area contributed by atoms with Gasteiger partial charge in [0.05, 0.1) is 6.04 Å². The van der Waals surface area contributed by atoms with Crippen LogP contribution in [-0.4, -0.2) is 35.3 Å². The molecule has 2 fully saturated rings. The van der Waals surface area contributed by atoms with Gasteiger partial charge in [0.25, 0.3) is 0 Å². The largest absolute Gasteiger partial charge is 0.401 e. The summed E-state index contributed by atoms with van der Waals surface area (Å²) < 4.78 is 0. The molecule has 6 nitrogen and oxygen atoms in total. The first-order valence-corrected chi connectivity index (χ1v) is 12.6. The van der Waals surface area contributed by atoms with Crippen LogP contribution < -0.4 is 16.4 Å². The van der Waals surface area contributed by atoms with Gasteiger partial charge in [-0.25, -0.2) is 0 Å². The zero-order chi connectivity index (χ0) is 23.9. The quantitative estimate of drug-likeness (QED) is 0.552. The van der Waals surface area contributed by atoms with Gasteiger partial charge in [0.1, 0.15) is 12.1 Å². The van der Waals surface area contributed by atoms with Crippen molar-refractivity contribution in [1.29, 1.82) is 0 Å². The van der Waals surface area contributed by atoms with Gasteiger partial charge in [-0.1, -0.05) is 44.0 Å². The molecule has 4 N–H and O–H groups in total. The standard InChI is InChI=1S/C25H34Cl2N4O2/c1-25(2,3)22(29-13-19(28)14-6-7-14)24(33)31-10-4-5-21(31)23(32)30-20-9-8-16-17(20)11-15(26)12-18(16)27/h11-14,20-22,29H,4-10,28H2,1-3H3,(H,30,32)/b19-13-/t20?,21?,22-/m1/s1. The van der Waals surface area contributed by atoms with Crippen LogP contribution in [0.1, 0.15) is 70.0 Å². The molecule has 1 heterocycles. The maximum absolute atomic E-state index is 13.6. The van der Waals surface area contributed by atoms with E-state index in [0.29, 0.717) is 28.9 Å². The number of rotatable bonds is 6. The van der Waals surface area contributed by atoms with Gasteiger partial charge in [-0.05, 0) is 73.1 Å². The van der Waals surface area contributed by atoms with Crippen molar-refractivity contribution >= 4 is 35.0 Å². The number of nitrogens with zero attached hydrogens (tertiary/aromatic N) is 1. The van der Waals surface area contributed by atoms with Crippen molar-refractivity contribution in [2.75, 3.05) is 6.54 Å². The van der Waals surface area contributed by atoms with Gasteiger partial charge < -0.3 is 21.3 Å². The molecule has 1 aliphatic heterocycles. The van der Waals surface area contributed by atoms with Crippen molar-refractivity contribution in [3.05, 3.63) is 45.2 Å². The Morgan fingerprint density at radius 1 is 1.18 bits per heavy atom. The van der Waals surface area contributed by atoms with Crippen molar-refractivity contribution in [1.82, 2.24) is 15.5 Å². The van der Waals surface area contributed by atoms with Crippen LogP contribution in [0.2, 0.25) is 10.0 Å². The first-order valence-electron chi connectivity index (χ1n) is 11.9. The van der Waals surface area contributed by atoms with Gasteiger partial charge in [0, 0.05) is 28.5 Å². The van der Waals surface area contributed by atoms with E-state index < -0.39 is 12.1 Å². The van der Waals surface area contributed by atoms with E-state index in [1.807, 2.05) is 26.8 Å². The molecule has 180 valence electrons. The summed E-state index contributed by atoms with van der Waals surface area (Å²) in [5, 5.41) is 7.65. The molecule has 0 aromatic heterocycles. The number of hydrogen-bond donors (Lipinski definition) is 3. The summed E-state index contributed by atoms with van der Waals surface area (Å²) in [4.78, 5) is 28.7. The number of carbonyl (C=O) groups excluding carboxylic acids is 2. The van der Waals surface area contributed by atoms with Crippen LogP contribution in [0.4, 0.5) is 0 Å². The lowest BCUT2D eigenvalue weighted by Gasteiger charge is -2.35. The number of halogens is 2. The second kappa shape index (κ2) is 9.38. The third-order valence-electron chi connectivity index (χ3n) is 6.99. The Labute approximate surface area is 206 Å². The fourth-order valence-electron chi connectivity index (χ4n) is 4.93. The van der Waals surface area contributed by atoms with Crippen LogP contribution in [0.3, 0.4) is 0 Å². The minimum absolute atomic E-state index is 0.0575. The second-order valence-corrected chi connectivity index (χ2v) is 11.5. The number of carbonyl (C=O) groups is 2. The van der Waals surface area contributed by atoms with Crippen molar-refractivity contribution in [3.63, 3.8) is 0 Å². The number of amides is 2. The summed E-state index contributed by atoms with van der Waals surface area (Å²) in [7, 11) is 0. The highest BCUT2D eigenvalue weighted by Crippen LogP contribution is 2.38. The lowest BCUT2D eigenvalue weighted by molar-refractivity contribution is -0.142. The predicted octanol–water partition coefficient (Wildman–Crippen LogP) is 4.30. The van der Waals surface area contributed by atoms with Crippen LogP contribution in [0.5, 0.6) is 0 Å². The number of nitrogens with two attached hydrogens (primary N) is 1. The van der Waals surface area contributed by atoms with Gasteiger partial charge in [-0.2, -0.15) is 0 Å². The number of benzene rings is 1. The fourth-order valence-corrected chi connectivity index (χ4v) is 5.54. The van der Waals surface area contributed by atoms with E-state index in [0.717, 1.165) is 48.9 Å². The minimum Gasteiger partial charge on any atom is -0.401 e. The summed E-state index contributed by atoms with van der Waals surface area (Å²) in [5.41, 5.74) is 8.63. The summed E-state index contributed by atoms with van der Waals surface area (Å²) in [6, 6.07) is 2.54. The molecule has 33 heavy (non-hydrogen) atoms. The number of hydrogen-bond acceptors (Lipinski definition) is 4. The van der Waals surface area contributed by atoms with Crippen molar-refractivity contribution < 1.29 is 9.59 Å². The van der Waals surface area contributed by atoms with E-state index in [1.54, 1.807) is 17.2 Å². The zero-order valence-corrected chi connectivity index (χ0v) is 21.1. The summed E-state index contributed by atoms with van der Waals surface area (Å²) in [5.74, 6) is 0.253. The molecule has 2 aliphatic carbocycles. The Balaban J connectivity index is 1.47. The topological polar surface area (TPSA) is 87.5 Å². The van der Waals surface area contributed by atoms with E-state index in [4.69, 9.17) is 28.9 Å². The smallest absolute Gasteiger partial charge is 0.246 e. The van der Waals surface area contributed by atoms with Gasteiger partial charge in [-0.15, -0.1) is 0 Å². The monoisotopic (exact) mass is 492 g/mol. The van der Waals surface area contributed by atoms with Gasteiger partial charge in [-0.3, -0.25) is 9.59 Å². The van der Waals surface area contributed by atoms with Crippen molar-refractivity contribution in [3.8, 4) is 0 Å². The highest BCUT2D eigenvalue weighted by Gasteiger charge is 2.42. The molecule has 8 heteroatoms. The lowest BCUT2D eigenvalue weighted by Crippen LogP contribution is -2.55. The molecule has 0 spiro atoms. The SMILES string of the molecule is CC(C)(C)[C@H](N/C=C(\N)C1CC1)C(=O)N1CCCC1C(=O)NC1CCc2c(Cl)cc(Cl)cc21. The predicted molar refractivity (Wildman–Crippen MR) is 132 cm³/mol. The minimum atomic E-state index is -0.479. The van der Waals surface area contributed by atoms with Crippen LogP contribution >= 0.6 is 23.2 Å². The van der Waals surface area contributed by atoms with Crippen LogP contribution in [0.15, 0.2) is 24.0 Å². The van der Waals surface area contributed by atoms with E-state index in [2.05, 4.69) is 10.6 Å². The highest BCUT2D eigenvalue weighted by atomic mass is 35.5. The Morgan fingerprint density at radius 3 is 2.58 bits per heavy atom. The van der Waals surface area contributed by atoms with Crippen LogP contribution in [0.25, 0.3) is 0 Å². The maximum atomic E-state index is 13.6. The molecule has 1 saturated heterocycles. The molecule has 3 aliphatic rings. The van der Waals surface area contributed by atoms with Crippen molar-refractivity contribution in [2.24, 2.45) is 17.1 Å². The molecular weight excluding hydrogens is 459 g/mol. The average Bonchev–Trinajstić information content (AvgIpc) is 3.33. The third kappa shape index (κ3) is 5.27. The highest BCUT2D eigenvalue weighted by molar-refractivity contribution is 6.35. The first-order chi connectivity index (χ1) is 15.6. The fraction of sp³-hybridized carbons (Fsp3) is 0.600. The number of likely N-dealkylation sites (tertiary alicyclic amines) is 1. The Kier molecular flexibility index (Phi) is 6.88. The molecular formula is C25H34Cl2N4O2. The van der Waals surface area contributed by atoms with Gasteiger partial charge in [0.2, 0.25) is 11.8 Å². The maximum Gasteiger partial charge on any atom is 0.246 e. The van der Waals surface area contributed by atoms with Gasteiger partial charge >= 0.3 is 0 Å². The molecule has 1 aromatic carbocycles. The van der Waals surface area contributed by atoms with Gasteiger partial charge in [0.15, 0.2) is 0 Å². The number of fused-ring (bicyclic) bond motifs is 1. The molecule has 1 saturated carbocycles. The molecule has 0 radical (unpaired) electrons. The summed E-state index contributed by atoms with van der Waals surface area (Å²) in [6.07, 6.45) is 7.04. The van der Waals surface area contributed by atoms with Crippen LogP contribution in [-0.2, 0) is 16.0 Å². The van der Waals surface area contributed by atoms with E-state index in [1.165, 1.54) is 0 Å². The van der Waals surface area contributed by atoms with Crippen LogP contribution in [0, 0.1) is 11.3 Å². The Hall–Kier alpha value is -1.92. The Bertz CT molecular complexity index is 968. The molecule has 3 atom stereocenters. The molecule has 2 unspecified atom stereocenters. The van der Waals surface area contributed by atoms with Crippen molar-refractivity contribution in [2.45, 2.75) is 77.4 Å². The molecule has 4 rings (SSSR count). The summed E-state index contributed by atoms with van der Waals surface area (Å²) >= 11 is 12.6. The number of allylic oxidation sites excluding steroid dienone is 1. The lowest BCUT2D eigenvalue weighted by atomic mass is 9.85. The Morgan fingerprint density at radius 2 is 1.91 bits per heavy atom. The zero-order valence-electron chi connectivity index (χ0n) is 19.6. The first kappa shape index (κ1) is 24.2.